The Morgan fingerprint density at radius 3 is 2.67 bits per heavy atom. The summed E-state index contributed by atoms with van der Waals surface area (Å²) < 4.78 is 0. The molecular formula is C12H16ClNO. The molecule has 0 unspecified atom stereocenters. The highest BCUT2D eigenvalue weighted by Gasteiger charge is 2.37. The number of benzene rings is 1. The van der Waals surface area contributed by atoms with Crippen molar-refractivity contribution >= 4 is 11.6 Å². The molecule has 1 aromatic rings. The minimum Gasteiger partial charge on any atom is -0.508 e. The molecule has 1 aliphatic carbocycles. The van der Waals surface area contributed by atoms with Crippen LogP contribution in [0.5, 0.6) is 5.75 Å². The van der Waals surface area contributed by atoms with Gasteiger partial charge in [-0.2, -0.15) is 0 Å². The van der Waals surface area contributed by atoms with Gasteiger partial charge in [0.1, 0.15) is 5.75 Å². The molecule has 0 saturated heterocycles. The van der Waals surface area contributed by atoms with Crippen LogP contribution >= 0.6 is 11.6 Å². The van der Waals surface area contributed by atoms with Gasteiger partial charge in [-0.15, -0.1) is 0 Å². The Morgan fingerprint density at radius 1 is 1.47 bits per heavy atom. The molecular weight excluding hydrogens is 210 g/mol. The number of phenolic OH excluding ortho intramolecular Hbond substituents is 1. The second kappa shape index (κ2) is 3.69. The maximum atomic E-state index is 9.76. The van der Waals surface area contributed by atoms with Crippen LogP contribution in [0, 0.1) is 6.92 Å². The Bertz CT molecular complexity index is 362. The van der Waals surface area contributed by atoms with Crippen molar-refractivity contribution in [2.45, 2.75) is 38.1 Å². The molecule has 82 valence electrons. The fourth-order valence-electron chi connectivity index (χ4n) is 1.79. The zero-order valence-corrected chi connectivity index (χ0v) is 9.64. The molecule has 15 heavy (non-hydrogen) atoms. The molecule has 0 bridgehead atoms. The Hall–Kier alpha value is -0.730. The number of phenols is 1. The van der Waals surface area contributed by atoms with Crippen LogP contribution in [0.3, 0.4) is 0 Å². The van der Waals surface area contributed by atoms with Crippen LogP contribution in [0.4, 0.5) is 0 Å². The SMILES string of the molecule is Cc1cc(O)c(CCC2(N)CC2)c(Cl)c1. The van der Waals surface area contributed by atoms with E-state index in [-0.39, 0.29) is 5.54 Å². The third-order valence-corrected chi connectivity index (χ3v) is 3.42. The topological polar surface area (TPSA) is 46.2 Å². The molecule has 1 aromatic carbocycles. The van der Waals surface area contributed by atoms with E-state index < -0.39 is 0 Å². The predicted molar refractivity (Wildman–Crippen MR) is 62.3 cm³/mol. The highest BCUT2D eigenvalue weighted by atomic mass is 35.5. The van der Waals surface area contributed by atoms with Crippen molar-refractivity contribution in [1.29, 1.82) is 0 Å². The Kier molecular flexibility index (Phi) is 2.65. The van der Waals surface area contributed by atoms with Crippen molar-refractivity contribution in [2.75, 3.05) is 0 Å². The third kappa shape index (κ3) is 2.44. The van der Waals surface area contributed by atoms with E-state index in [4.69, 9.17) is 17.3 Å². The largest absolute Gasteiger partial charge is 0.508 e. The van der Waals surface area contributed by atoms with E-state index >= 15 is 0 Å². The fraction of sp³-hybridized carbons (Fsp3) is 0.500. The highest BCUT2D eigenvalue weighted by molar-refractivity contribution is 6.31. The summed E-state index contributed by atoms with van der Waals surface area (Å²) in [5.74, 6) is 0.296. The number of hydrogen-bond donors (Lipinski definition) is 2. The summed E-state index contributed by atoms with van der Waals surface area (Å²) >= 11 is 6.08. The smallest absolute Gasteiger partial charge is 0.120 e. The van der Waals surface area contributed by atoms with Gasteiger partial charge < -0.3 is 10.8 Å². The van der Waals surface area contributed by atoms with Gasteiger partial charge in [0.15, 0.2) is 0 Å². The van der Waals surface area contributed by atoms with Crippen LogP contribution in [0.1, 0.15) is 30.4 Å². The first kappa shape index (κ1) is 10.8. The van der Waals surface area contributed by atoms with Crippen molar-refractivity contribution in [3.8, 4) is 5.75 Å². The lowest BCUT2D eigenvalue weighted by atomic mass is 10.0. The van der Waals surface area contributed by atoms with Gasteiger partial charge in [0.05, 0.1) is 0 Å². The maximum absolute atomic E-state index is 9.76. The van der Waals surface area contributed by atoms with E-state index in [9.17, 15) is 5.11 Å². The van der Waals surface area contributed by atoms with Gasteiger partial charge in [0, 0.05) is 16.1 Å². The van der Waals surface area contributed by atoms with E-state index in [0.29, 0.717) is 10.8 Å². The molecule has 2 rings (SSSR count). The second-order valence-electron chi connectivity index (χ2n) is 4.61. The number of aromatic hydroxyl groups is 1. The lowest BCUT2D eigenvalue weighted by Gasteiger charge is -2.11. The van der Waals surface area contributed by atoms with Crippen molar-refractivity contribution in [3.63, 3.8) is 0 Å². The van der Waals surface area contributed by atoms with Crippen molar-refractivity contribution in [2.24, 2.45) is 5.73 Å². The quantitative estimate of drug-likeness (QED) is 0.831. The van der Waals surface area contributed by atoms with Crippen molar-refractivity contribution in [1.82, 2.24) is 0 Å². The molecule has 0 atom stereocenters. The van der Waals surface area contributed by atoms with Gasteiger partial charge >= 0.3 is 0 Å². The molecule has 3 N–H and O–H groups in total. The first-order valence-electron chi connectivity index (χ1n) is 5.27. The van der Waals surface area contributed by atoms with Crippen LogP contribution in [0.15, 0.2) is 12.1 Å². The average molecular weight is 226 g/mol. The van der Waals surface area contributed by atoms with Gasteiger partial charge in [0.25, 0.3) is 0 Å². The normalized spacial score (nSPS) is 17.8. The fourth-order valence-corrected chi connectivity index (χ4v) is 2.15. The maximum Gasteiger partial charge on any atom is 0.120 e. The molecule has 0 spiro atoms. The van der Waals surface area contributed by atoms with E-state index in [1.54, 1.807) is 6.07 Å². The summed E-state index contributed by atoms with van der Waals surface area (Å²) in [7, 11) is 0. The number of hydrogen-bond acceptors (Lipinski definition) is 2. The molecule has 3 heteroatoms. The average Bonchev–Trinajstić information content (AvgIpc) is 2.82. The molecule has 1 saturated carbocycles. The Balaban J connectivity index is 2.13. The van der Waals surface area contributed by atoms with E-state index in [1.165, 1.54) is 0 Å². The van der Waals surface area contributed by atoms with E-state index in [2.05, 4.69) is 0 Å². The number of rotatable bonds is 3. The molecule has 1 fully saturated rings. The lowest BCUT2D eigenvalue weighted by molar-refractivity contribution is 0.464. The number of halogens is 1. The standard InChI is InChI=1S/C12H16ClNO/c1-8-6-10(13)9(11(15)7-8)2-3-12(14)4-5-12/h6-7,15H,2-5,14H2,1H3. The van der Waals surface area contributed by atoms with Gasteiger partial charge in [-0.3, -0.25) is 0 Å². The van der Waals surface area contributed by atoms with E-state index in [1.807, 2.05) is 13.0 Å². The zero-order valence-electron chi connectivity index (χ0n) is 8.89. The molecule has 0 radical (unpaired) electrons. The van der Waals surface area contributed by atoms with Crippen molar-refractivity contribution in [3.05, 3.63) is 28.3 Å². The van der Waals surface area contributed by atoms with Gasteiger partial charge in [-0.25, -0.2) is 0 Å². The summed E-state index contributed by atoms with van der Waals surface area (Å²) in [6, 6.07) is 3.63. The number of aryl methyl sites for hydroxylation is 1. The second-order valence-corrected chi connectivity index (χ2v) is 5.01. The van der Waals surface area contributed by atoms with Crippen LogP contribution in [-0.2, 0) is 6.42 Å². The minimum atomic E-state index is 0.0145. The Morgan fingerprint density at radius 2 is 2.13 bits per heavy atom. The van der Waals surface area contributed by atoms with Gasteiger partial charge in [-0.05, 0) is 50.3 Å². The predicted octanol–water partition coefficient (Wildman–Crippen LogP) is 2.78. The molecule has 0 aromatic heterocycles. The van der Waals surface area contributed by atoms with E-state index in [0.717, 1.165) is 36.8 Å². The summed E-state index contributed by atoms with van der Waals surface area (Å²) in [6.07, 6.45) is 3.86. The summed E-state index contributed by atoms with van der Waals surface area (Å²) in [5, 5.41) is 10.4. The summed E-state index contributed by atoms with van der Waals surface area (Å²) in [6.45, 7) is 1.92. The number of nitrogens with two attached hydrogens (primary N) is 1. The molecule has 0 heterocycles. The zero-order chi connectivity index (χ0) is 11.1. The molecule has 0 amide bonds. The summed E-state index contributed by atoms with van der Waals surface area (Å²) in [5.41, 5.74) is 7.83. The molecule has 0 aliphatic heterocycles. The first-order chi connectivity index (χ1) is 7.00. The first-order valence-corrected chi connectivity index (χ1v) is 5.65. The van der Waals surface area contributed by atoms with Crippen LogP contribution < -0.4 is 5.73 Å². The minimum absolute atomic E-state index is 0.0145. The third-order valence-electron chi connectivity index (χ3n) is 3.08. The van der Waals surface area contributed by atoms with Crippen LogP contribution in [-0.4, -0.2) is 10.6 Å². The lowest BCUT2D eigenvalue weighted by Crippen LogP contribution is -2.22. The molecule has 2 nitrogen and oxygen atoms in total. The summed E-state index contributed by atoms with van der Waals surface area (Å²) in [4.78, 5) is 0. The molecule has 1 aliphatic rings. The van der Waals surface area contributed by atoms with Gasteiger partial charge in [0.2, 0.25) is 0 Å². The Labute approximate surface area is 95.1 Å². The van der Waals surface area contributed by atoms with Crippen LogP contribution in [0.25, 0.3) is 0 Å². The van der Waals surface area contributed by atoms with Crippen LogP contribution in [0.2, 0.25) is 5.02 Å². The van der Waals surface area contributed by atoms with Gasteiger partial charge in [-0.1, -0.05) is 11.6 Å². The van der Waals surface area contributed by atoms with Crippen molar-refractivity contribution < 1.29 is 5.11 Å². The highest BCUT2D eigenvalue weighted by Crippen LogP contribution is 2.38. The monoisotopic (exact) mass is 225 g/mol.